The quantitative estimate of drug-likeness (QED) is 0.632. The maximum absolute atomic E-state index is 5.26. The van der Waals surface area contributed by atoms with E-state index in [9.17, 15) is 0 Å². The van der Waals surface area contributed by atoms with E-state index in [0.717, 1.165) is 33.4 Å². The van der Waals surface area contributed by atoms with Crippen LogP contribution >= 0.6 is 24.4 Å². The normalized spacial score (nSPS) is 11.8. The second kappa shape index (κ2) is 5.44. The minimum Gasteiger partial charge on any atom is -0.382 e. The maximum Gasteiger partial charge on any atom is 0.0834 e. The smallest absolute Gasteiger partial charge is 0.0834 e. The number of nitrogens with one attached hydrogen (secondary N) is 1. The molecule has 0 unspecified atom stereocenters. The summed E-state index contributed by atoms with van der Waals surface area (Å²) in [4.78, 5) is 2.03. The third-order valence-corrected chi connectivity index (χ3v) is 3.67. The molecule has 0 amide bonds. The Hall–Kier alpha value is -0.480. The Labute approximate surface area is 115 Å². The van der Waals surface area contributed by atoms with E-state index in [0.29, 0.717) is 5.41 Å². The first-order valence-corrected chi connectivity index (χ1v) is 6.80. The van der Waals surface area contributed by atoms with Crippen LogP contribution in [0.1, 0.15) is 33.6 Å². The van der Waals surface area contributed by atoms with Crippen LogP contribution in [0, 0.1) is 14.4 Å². The van der Waals surface area contributed by atoms with Gasteiger partial charge < -0.3 is 10.2 Å². The van der Waals surface area contributed by atoms with Gasteiger partial charge in [-0.25, -0.2) is 0 Å². The van der Waals surface area contributed by atoms with Gasteiger partial charge in [-0.05, 0) is 18.3 Å². The fraction of sp³-hybridized carbons (Fsp3) is 0.692. The van der Waals surface area contributed by atoms with E-state index in [4.69, 9.17) is 24.4 Å². The molecule has 0 spiro atoms. The van der Waals surface area contributed by atoms with Gasteiger partial charge in [0, 0.05) is 20.6 Å². The summed E-state index contributed by atoms with van der Waals surface area (Å²) in [6, 6.07) is 0. The second-order valence-electron chi connectivity index (χ2n) is 5.87. The van der Waals surface area contributed by atoms with Gasteiger partial charge >= 0.3 is 0 Å². The zero-order valence-corrected chi connectivity index (χ0v) is 13.0. The fourth-order valence-corrected chi connectivity index (χ4v) is 2.45. The van der Waals surface area contributed by atoms with Gasteiger partial charge in [-0.1, -0.05) is 45.2 Å². The zero-order chi connectivity index (χ0) is 13.2. The minimum absolute atomic E-state index is 0.399. The van der Waals surface area contributed by atoms with Gasteiger partial charge in [0.1, 0.15) is 0 Å². The first kappa shape index (κ1) is 14.6. The van der Waals surface area contributed by atoms with Crippen LogP contribution in [0.15, 0.2) is 0 Å². The van der Waals surface area contributed by atoms with E-state index in [1.165, 1.54) is 6.42 Å². The summed E-state index contributed by atoms with van der Waals surface area (Å²) in [5, 5.41) is 3.41. The van der Waals surface area contributed by atoms with Crippen molar-refractivity contribution in [3.63, 3.8) is 0 Å². The second-order valence-corrected chi connectivity index (χ2v) is 6.68. The van der Waals surface area contributed by atoms with Crippen molar-refractivity contribution in [2.24, 2.45) is 5.41 Å². The lowest BCUT2D eigenvalue weighted by Gasteiger charge is -2.23. The summed E-state index contributed by atoms with van der Waals surface area (Å²) in [6.07, 6.45) is 2.37. The SMILES string of the molecule is CN(C)c1c(NCCCC(C)(C)C)c(=S)c1=S. The van der Waals surface area contributed by atoms with Crippen LogP contribution in [0.2, 0.25) is 0 Å². The molecule has 1 aromatic carbocycles. The molecule has 1 aromatic rings. The molecule has 0 aliphatic heterocycles. The summed E-state index contributed by atoms with van der Waals surface area (Å²) in [6.45, 7) is 7.76. The molecule has 0 radical (unpaired) electrons. The highest BCUT2D eigenvalue weighted by Crippen LogP contribution is 2.34. The molecule has 0 atom stereocenters. The average Bonchev–Trinajstić information content (AvgIpc) is 2.19. The van der Waals surface area contributed by atoms with Gasteiger partial charge in [-0.2, -0.15) is 0 Å². The topological polar surface area (TPSA) is 15.3 Å². The molecule has 96 valence electrons. The Morgan fingerprint density at radius 2 is 1.71 bits per heavy atom. The highest BCUT2D eigenvalue weighted by molar-refractivity contribution is 7.74. The van der Waals surface area contributed by atoms with Gasteiger partial charge in [0.05, 0.1) is 20.4 Å². The predicted molar refractivity (Wildman–Crippen MR) is 82.0 cm³/mol. The van der Waals surface area contributed by atoms with E-state index < -0.39 is 0 Å². The van der Waals surface area contributed by atoms with Crippen molar-refractivity contribution in [3.05, 3.63) is 9.02 Å². The average molecular weight is 270 g/mol. The molecule has 0 aromatic heterocycles. The Morgan fingerprint density at radius 1 is 1.12 bits per heavy atom. The Morgan fingerprint density at radius 3 is 2.18 bits per heavy atom. The van der Waals surface area contributed by atoms with Crippen LogP contribution in [-0.4, -0.2) is 20.6 Å². The van der Waals surface area contributed by atoms with Crippen LogP contribution in [0.25, 0.3) is 0 Å². The number of hydrogen-bond donors (Lipinski definition) is 1. The third kappa shape index (κ3) is 3.75. The third-order valence-electron chi connectivity index (χ3n) is 2.74. The number of anilines is 2. The number of hydrogen-bond acceptors (Lipinski definition) is 4. The monoisotopic (exact) mass is 270 g/mol. The maximum atomic E-state index is 5.26. The first-order chi connectivity index (χ1) is 7.74. The lowest BCUT2D eigenvalue weighted by molar-refractivity contribution is 0.370. The summed E-state index contributed by atoms with van der Waals surface area (Å²) in [5.74, 6) is 0. The van der Waals surface area contributed by atoms with Crippen LogP contribution in [0.4, 0.5) is 11.4 Å². The van der Waals surface area contributed by atoms with Crippen molar-refractivity contribution in [2.45, 2.75) is 33.6 Å². The van der Waals surface area contributed by atoms with Crippen LogP contribution in [0.5, 0.6) is 0 Å². The summed E-state index contributed by atoms with van der Waals surface area (Å²) < 4.78 is 1.64. The molecule has 0 saturated carbocycles. The number of rotatable bonds is 5. The standard InChI is InChI=1S/C13H22N2S2/c1-13(2,3)7-6-8-14-9-10(15(4)5)12(17)11(9)16/h14H,6-8H2,1-5H3. The molecule has 0 aliphatic carbocycles. The lowest BCUT2D eigenvalue weighted by Crippen LogP contribution is -2.17. The summed E-state index contributed by atoms with van der Waals surface area (Å²) >= 11 is 10.5. The summed E-state index contributed by atoms with van der Waals surface area (Å²) in [7, 11) is 4.00. The molecule has 0 aliphatic rings. The molecular formula is C13H22N2S2. The Balaban J connectivity index is 2.51. The van der Waals surface area contributed by atoms with Crippen LogP contribution in [0.3, 0.4) is 0 Å². The molecule has 1 rings (SSSR count). The molecule has 0 heterocycles. The molecule has 4 heteroatoms. The van der Waals surface area contributed by atoms with Crippen molar-refractivity contribution < 1.29 is 0 Å². The lowest BCUT2D eigenvalue weighted by atomic mass is 9.90. The first-order valence-electron chi connectivity index (χ1n) is 5.98. The minimum atomic E-state index is 0.399. The van der Waals surface area contributed by atoms with E-state index in [1.807, 2.05) is 19.0 Å². The zero-order valence-electron chi connectivity index (χ0n) is 11.4. The van der Waals surface area contributed by atoms with Gasteiger partial charge in [0.2, 0.25) is 0 Å². The predicted octanol–water partition coefficient (Wildman–Crippen LogP) is 4.33. The molecule has 0 saturated heterocycles. The fourth-order valence-electron chi connectivity index (χ4n) is 1.80. The van der Waals surface area contributed by atoms with Crippen LogP contribution < -0.4 is 10.2 Å². The van der Waals surface area contributed by atoms with Crippen molar-refractivity contribution in [2.75, 3.05) is 30.9 Å². The van der Waals surface area contributed by atoms with Gasteiger partial charge in [0.25, 0.3) is 0 Å². The largest absolute Gasteiger partial charge is 0.382 e. The molecule has 2 nitrogen and oxygen atoms in total. The molecule has 17 heavy (non-hydrogen) atoms. The van der Waals surface area contributed by atoms with Crippen molar-refractivity contribution in [3.8, 4) is 0 Å². The number of nitrogens with zero attached hydrogens (tertiary/aromatic N) is 1. The highest BCUT2D eigenvalue weighted by atomic mass is 32.1. The summed E-state index contributed by atoms with van der Waals surface area (Å²) in [5.41, 5.74) is 2.54. The van der Waals surface area contributed by atoms with Gasteiger partial charge in [-0.15, -0.1) is 0 Å². The van der Waals surface area contributed by atoms with Crippen LogP contribution in [-0.2, 0) is 0 Å². The van der Waals surface area contributed by atoms with Crippen molar-refractivity contribution >= 4 is 35.8 Å². The highest BCUT2D eigenvalue weighted by Gasteiger charge is 2.16. The molecule has 1 N–H and O–H groups in total. The van der Waals surface area contributed by atoms with E-state index in [-0.39, 0.29) is 0 Å². The molecule has 0 bridgehead atoms. The van der Waals surface area contributed by atoms with Gasteiger partial charge in [0.15, 0.2) is 0 Å². The van der Waals surface area contributed by atoms with Gasteiger partial charge in [-0.3, -0.25) is 0 Å². The molecular weight excluding hydrogens is 248 g/mol. The van der Waals surface area contributed by atoms with Crippen molar-refractivity contribution in [1.82, 2.24) is 0 Å². The van der Waals surface area contributed by atoms with E-state index in [2.05, 4.69) is 26.1 Å². The Kier molecular flexibility index (Phi) is 4.67. The van der Waals surface area contributed by atoms with Crippen molar-refractivity contribution in [1.29, 1.82) is 0 Å². The van der Waals surface area contributed by atoms with E-state index in [1.54, 1.807) is 0 Å². The molecule has 0 fully saturated rings. The van der Waals surface area contributed by atoms with E-state index >= 15 is 0 Å². The Bertz CT molecular complexity index is 448.